The van der Waals surface area contributed by atoms with Gasteiger partial charge in [-0.3, -0.25) is 24.6 Å². The lowest BCUT2D eigenvalue weighted by Crippen LogP contribution is -2.23. The van der Waals surface area contributed by atoms with E-state index in [0.29, 0.717) is 21.2 Å². The van der Waals surface area contributed by atoms with Crippen LogP contribution in [0.25, 0.3) is 5.69 Å². The molecule has 8 nitrogen and oxygen atoms in total. The average molecular weight is 361 g/mol. The first-order valence-corrected chi connectivity index (χ1v) is 8.08. The molecule has 0 aliphatic rings. The molecular formula is C14H11N5O3S2. The maximum Gasteiger partial charge on any atom is 0.269 e. The van der Waals surface area contributed by atoms with E-state index in [9.17, 15) is 14.9 Å². The minimum atomic E-state index is -0.472. The Morgan fingerprint density at radius 3 is 2.75 bits per heavy atom. The molecule has 0 saturated carbocycles. The number of thiophene rings is 1. The highest BCUT2D eigenvalue weighted by Crippen LogP contribution is 2.17. The summed E-state index contributed by atoms with van der Waals surface area (Å²) in [5.74, 6) is 0.299. The normalized spacial score (nSPS) is 10.5. The minimum Gasteiger partial charge on any atom is -0.344 e. The second-order valence-electron chi connectivity index (χ2n) is 4.71. The number of carbonyl (C=O) groups excluding carboxylic acids is 1. The average Bonchev–Trinajstić information content (AvgIpc) is 3.22. The number of nitro groups is 1. The first-order chi connectivity index (χ1) is 11.6. The van der Waals surface area contributed by atoms with Crippen LogP contribution in [-0.4, -0.2) is 25.6 Å². The predicted molar refractivity (Wildman–Crippen MR) is 90.9 cm³/mol. The van der Waals surface area contributed by atoms with Gasteiger partial charge in [0.25, 0.3) is 11.6 Å². The topological polar surface area (TPSA) is 106 Å². The summed E-state index contributed by atoms with van der Waals surface area (Å²) in [7, 11) is 0. The maximum atomic E-state index is 12.0. The summed E-state index contributed by atoms with van der Waals surface area (Å²) in [6.45, 7) is 0.168. The third-order valence-corrected chi connectivity index (χ3v) is 4.36. The van der Waals surface area contributed by atoms with Crippen LogP contribution in [0, 0.1) is 14.9 Å². The minimum absolute atomic E-state index is 0.0127. The predicted octanol–water partition coefficient (Wildman–Crippen LogP) is 2.83. The summed E-state index contributed by atoms with van der Waals surface area (Å²) >= 11 is 6.54. The molecule has 0 spiro atoms. The van der Waals surface area contributed by atoms with Crippen LogP contribution >= 0.6 is 23.6 Å². The lowest BCUT2D eigenvalue weighted by Gasteiger charge is -2.07. The number of benzene rings is 1. The van der Waals surface area contributed by atoms with E-state index >= 15 is 0 Å². The molecule has 2 aromatic heterocycles. The fraction of sp³-hybridized carbons (Fsp3) is 0.0714. The Balaban J connectivity index is 1.82. The van der Waals surface area contributed by atoms with Crippen molar-refractivity contribution in [3.63, 3.8) is 0 Å². The fourth-order valence-corrected chi connectivity index (χ4v) is 2.99. The molecule has 0 radical (unpaired) electrons. The Kier molecular flexibility index (Phi) is 4.49. The monoisotopic (exact) mass is 361 g/mol. The van der Waals surface area contributed by atoms with Gasteiger partial charge < -0.3 is 5.32 Å². The molecule has 3 rings (SSSR count). The quantitative estimate of drug-likeness (QED) is 0.413. The maximum absolute atomic E-state index is 12.0. The summed E-state index contributed by atoms with van der Waals surface area (Å²) in [4.78, 5) is 22.9. The Labute approximate surface area is 144 Å². The SMILES string of the molecule is O=C(NCc1n[nH]c(=S)n1-c1ccc([N+](=O)[O-])cc1)c1cccs1. The van der Waals surface area contributed by atoms with Gasteiger partial charge in [-0.05, 0) is 35.8 Å². The van der Waals surface area contributed by atoms with Crippen LogP contribution in [0.5, 0.6) is 0 Å². The van der Waals surface area contributed by atoms with Crippen LogP contribution < -0.4 is 5.32 Å². The van der Waals surface area contributed by atoms with E-state index in [4.69, 9.17) is 12.2 Å². The van der Waals surface area contributed by atoms with Crippen molar-refractivity contribution in [1.29, 1.82) is 0 Å². The molecule has 2 heterocycles. The number of hydrogen-bond acceptors (Lipinski definition) is 6. The van der Waals surface area contributed by atoms with E-state index in [-0.39, 0.29) is 18.1 Å². The molecule has 1 aromatic carbocycles. The van der Waals surface area contributed by atoms with Gasteiger partial charge in [0.15, 0.2) is 10.6 Å². The highest BCUT2D eigenvalue weighted by atomic mass is 32.1. The Hall–Kier alpha value is -2.85. The summed E-state index contributed by atoms with van der Waals surface area (Å²) in [5, 5.41) is 22.1. The van der Waals surface area contributed by atoms with Gasteiger partial charge in [0.2, 0.25) is 0 Å². The van der Waals surface area contributed by atoms with E-state index in [2.05, 4.69) is 15.5 Å². The summed E-state index contributed by atoms with van der Waals surface area (Å²) in [6.07, 6.45) is 0. The van der Waals surface area contributed by atoms with E-state index in [1.54, 1.807) is 28.8 Å². The number of non-ortho nitro benzene ring substituents is 1. The third-order valence-electron chi connectivity index (χ3n) is 3.21. The Bertz CT molecular complexity index is 928. The number of nitrogens with zero attached hydrogens (tertiary/aromatic N) is 3. The number of carbonyl (C=O) groups is 1. The number of rotatable bonds is 5. The van der Waals surface area contributed by atoms with Gasteiger partial charge >= 0.3 is 0 Å². The number of nitrogens with one attached hydrogen (secondary N) is 2. The molecule has 3 aromatic rings. The van der Waals surface area contributed by atoms with Crippen molar-refractivity contribution in [2.45, 2.75) is 6.54 Å². The van der Waals surface area contributed by atoms with E-state index in [1.807, 2.05) is 5.38 Å². The van der Waals surface area contributed by atoms with Crippen LogP contribution in [0.2, 0.25) is 0 Å². The molecule has 0 fully saturated rings. The Morgan fingerprint density at radius 1 is 1.38 bits per heavy atom. The molecule has 0 saturated heterocycles. The van der Waals surface area contributed by atoms with Crippen molar-refractivity contribution in [2.75, 3.05) is 0 Å². The first kappa shape index (κ1) is 16.0. The standard InChI is InChI=1S/C14H11N5O3S2/c20-13(11-2-1-7-24-11)15-8-12-16-17-14(23)18(12)9-3-5-10(6-4-9)19(21)22/h1-7H,8H2,(H,15,20)(H,17,23). The molecule has 0 unspecified atom stereocenters. The van der Waals surface area contributed by atoms with Gasteiger partial charge in [-0.25, -0.2) is 0 Å². The van der Waals surface area contributed by atoms with Crippen molar-refractivity contribution in [1.82, 2.24) is 20.1 Å². The number of nitro benzene ring substituents is 1. The van der Waals surface area contributed by atoms with Crippen LogP contribution in [0.3, 0.4) is 0 Å². The molecule has 1 amide bonds. The summed E-state index contributed by atoms with van der Waals surface area (Å²) < 4.78 is 1.96. The molecular weight excluding hydrogens is 350 g/mol. The smallest absolute Gasteiger partial charge is 0.269 e. The lowest BCUT2D eigenvalue weighted by atomic mass is 10.3. The third kappa shape index (κ3) is 3.24. The van der Waals surface area contributed by atoms with Crippen LogP contribution in [0.1, 0.15) is 15.5 Å². The van der Waals surface area contributed by atoms with E-state index < -0.39 is 4.92 Å². The largest absolute Gasteiger partial charge is 0.344 e. The zero-order valence-corrected chi connectivity index (χ0v) is 13.8. The molecule has 24 heavy (non-hydrogen) atoms. The fourth-order valence-electron chi connectivity index (χ4n) is 2.09. The number of amides is 1. The van der Waals surface area contributed by atoms with Crippen molar-refractivity contribution < 1.29 is 9.72 Å². The van der Waals surface area contributed by atoms with Crippen molar-refractivity contribution in [2.24, 2.45) is 0 Å². The molecule has 0 atom stereocenters. The van der Waals surface area contributed by atoms with Gasteiger partial charge in [0.05, 0.1) is 22.0 Å². The summed E-state index contributed by atoms with van der Waals surface area (Å²) in [5.41, 5.74) is 0.612. The molecule has 0 aliphatic carbocycles. The van der Waals surface area contributed by atoms with Crippen molar-refractivity contribution in [3.8, 4) is 5.69 Å². The van der Waals surface area contributed by atoms with Gasteiger partial charge in [-0.15, -0.1) is 11.3 Å². The number of aromatic amines is 1. The van der Waals surface area contributed by atoms with Crippen molar-refractivity contribution in [3.05, 3.63) is 67.4 Å². The van der Waals surface area contributed by atoms with Gasteiger partial charge in [-0.2, -0.15) is 5.10 Å². The molecule has 0 aliphatic heterocycles. The van der Waals surface area contributed by atoms with Gasteiger partial charge in [0.1, 0.15) is 0 Å². The molecule has 2 N–H and O–H groups in total. The zero-order valence-electron chi connectivity index (χ0n) is 12.1. The highest BCUT2D eigenvalue weighted by molar-refractivity contribution is 7.71. The number of H-pyrrole nitrogens is 1. The van der Waals surface area contributed by atoms with Crippen LogP contribution in [0.15, 0.2) is 41.8 Å². The van der Waals surface area contributed by atoms with Gasteiger partial charge in [-0.1, -0.05) is 6.07 Å². The van der Waals surface area contributed by atoms with Crippen molar-refractivity contribution >= 4 is 35.1 Å². The molecule has 10 heteroatoms. The van der Waals surface area contributed by atoms with Crippen LogP contribution in [-0.2, 0) is 6.54 Å². The highest BCUT2D eigenvalue weighted by Gasteiger charge is 2.13. The van der Waals surface area contributed by atoms with Crippen LogP contribution in [0.4, 0.5) is 5.69 Å². The summed E-state index contributed by atoms with van der Waals surface area (Å²) in [6, 6.07) is 9.46. The number of aromatic nitrogens is 3. The number of hydrogen-bond donors (Lipinski definition) is 2. The lowest BCUT2D eigenvalue weighted by molar-refractivity contribution is -0.384. The molecule has 122 valence electrons. The first-order valence-electron chi connectivity index (χ1n) is 6.79. The van der Waals surface area contributed by atoms with E-state index in [1.165, 1.54) is 23.5 Å². The van der Waals surface area contributed by atoms with E-state index in [0.717, 1.165) is 0 Å². The zero-order chi connectivity index (χ0) is 17.1. The second-order valence-corrected chi connectivity index (χ2v) is 6.05. The van der Waals surface area contributed by atoms with Gasteiger partial charge in [0, 0.05) is 12.1 Å². The molecule has 0 bridgehead atoms. The Morgan fingerprint density at radius 2 is 2.12 bits per heavy atom. The second kappa shape index (κ2) is 6.72.